The fraction of sp³-hybridized carbons (Fsp3) is 0.375. The Labute approximate surface area is 70.4 Å². The second-order valence-corrected chi connectivity index (χ2v) is 2.89. The third-order valence-corrected chi connectivity index (χ3v) is 1.81. The number of hydrogen-bond donors (Lipinski definition) is 0. The maximum Gasteiger partial charge on any atom is 0.253 e. The summed E-state index contributed by atoms with van der Waals surface area (Å²) in [5.41, 5.74) is 0.803. The van der Waals surface area contributed by atoms with Crippen LogP contribution >= 0.6 is 11.6 Å². The smallest absolute Gasteiger partial charge is 0.253 e. The van der Waals surface area contributed by atoms with Crippen molar-refractivity contribution in [3.63, 3.8) is 0 Å². The first-order chi connectivity index (χ1) is 5.15. The van der Waals surface area contributed by atoms with E-state index in [0.29, 0.717) is 5.02 Å². The Balaban J connectivity index is 3.37. The van der Waals surface area contributed by atoms with Crippen molar-refractivity contribution in [3.05, 3.63) is 33.2 Å². The van der Waals surface area contributed by atoms with Gasteiger partial charge in [0, 0.05) is 18.8 Å². The molecule has 1 aromatic rings. The van der Waals surface area contributed by atoms with Crippen molar-refractivity contribution in [2.75, 3.05) is 0 Å². The molecule has 3 heteroatoms. The Bertz CT molecular complexity index is 316. The third-order valence-electron chi connectivity index (χ3n) is 1.61. The molecule has 0 aromatic carbocycles. The van der Waals surface area contributed by atoms with Crippen LogP contribution in [-0.2, 0) is 13.5 Å². The van der Waals surface area contributed by atoms with Gasteiger partial charge in [-0.3, -0.25) is 4.79 Å². The van der Waals surface area contributed by atoms with Crippen LogP contribution in [0.2, 0.25) is 5.02 Å². The summed E-state index contributed by atoms with van der Waals surface area (Å²) in [7, 11) is 1.70. The molecular weight excluding hydrogens is 162 g/mol. The maximum absolute atomic E-state index is 11.3. The molecule has 2 nitrogen and oxygen atoms in total. The first-order valence-electron chi connectivity index (χ1n) is 3.50. The molecular formula is C8H10ClNO. The van der Waals surface area contributed by atoms with E-state index in [-0.39, 0.29) is 5.56 Å². The fourth-order valence-electron chi connectivity index (χ4n) is 0.989. The molecule has 0 aliphatic carbocycles. The molecule has 0 aliphatic rings. The molecule has 0 amide bonds. The van der Waals surface area contributed by atoms with Gasteiger partial charge in [0.2, 0.25) is 0 Å². The lowest BCUT2D eigenvalue weighted by molar-refractivity contribution is 0.835. The van der Waals surface area contributed by atoms with Gasteiger partial charge in [0.15, 0.2) is 0 Å². The minimum Gasteiger partial charge on any atom is -0.317 e. The Morgan fingerprint density at radius 3 is 2.82 bits per heavy atom. The number of halogens is 1. The average Bonchev–Trinajstić information content (AvgIpc) is 1.96. The quantitative estimate of drug-likeness (QED) is 0.629. The summed E-state index contributed by atoms with van der Waals surface area (Å²) in [6.07, 6.45) is 2.34. The topological polar surface area (TPSA) is 22.0 Å². The molecule has 1 rings (SSSR count). The summed E-state index contributed by atoms with van der Waals surface area (Å²) >= 11 is 5.74. The van der Waals surface area contributed by atoms with E-state index in [9.17, 15) is 4.79 Å². The first-order valence-corrected chi connectivity index (χ1v) is 3.88. The van der Waals surface area contributed by atoms with Gasteiger partial charge in [-0.25, -0.2) is 0 Å². The molecule has 11 heavy (non-hydrogen) atoms. The van der Waals surface area contributed by atoms with Crippen molar-refractivity contribution >= 4 is 11.6 Å². The van der Waals surface area contributed by atoms with Gasteiger partial charge in [-0.2, -0.15) is 0 Å². The zero-order valence-corrected chi connectivity index (χ0v) is 7.35. The summed E-state index contributed by atoms with van der Waals surface area (Å²) in [5.74, 6) is 0. The number of nitrogens with zero attached hydrogens (tertiary/aromatic N) is 1. The zero-order valence-electron chi connectivity index (χ0n) is 6.60. The predicted molar refractivity (Wildman–Crippen MR) is 46.1 cm³/mol. The third kappa shape index (κ3) is 1.63. The van der Waals surface area contributed by atoms with Crippen LogP contribution in [0, 0.1) is 0 Å². The van der Waals surface area contributed by atoms with Gasteiger partial charge in [0.1, 0.15) is 0 Å². The number of hydrogen-bond acceptors (Lipinski definition) is 1. The second kappa shape index (κ2) is 3.09. The van der Waals surface area contributed by atoms with E-state index in [1.807, 2.05) is 6.92 Å². The van der Waals surface area contributed by atoms with Crippen LogP contribution in [-0.4, -0.2) is 4.57 Å². The second-order valence-electron chi connectivity index (χ2n) is 2.45. The molecule has 1 aromatic heterocycles. The van der Waals surface area contributed by atoms with Crippen LogP contribution < -0.4 is 5.56 Å². The Hall–Kier alpha value is -0.760. The zero-order chi connectivity index (χ0) is 8.43. The lowest BCUT2D eigenvalue weighted by Gasteiger charge is -2.00. The molecule has 0 saturated heterocycles. The van der Waals surface area contributed by atoms with Crippen molar-refractivity contribution in [2.24, 2.45) is 7.05 Å². The van der Waals surface area contributed by atoms with E-state index < -0.39 is 0 Å². The van der Waals surface area contributed by atoms with Crippen LogP contribution in [0.3, 0.4) is 0 Å². The summed E-state index contributed by atoms with van der Waals surface area (Å²) in [5, 5.41) is 0.615. The van der Waals surface area contributed by atoms with Crippen molar-refractivity contribution in [3.8, 4) is 0 Å². The van der Waals surface area contributed by atoms with Crippen LogP contribution in [0.5, 0.6) is 0 Å². The molecule has 0 saturated carbocycles. The van der Waals surface area contributed by atoms with Crippen molar-refractivity contribution in [1.82, 2.24) is 4.57 Å². The largest absolute Gasteiger partial charge is 0.317 e. The Kier molecular flexibility index (Phi) is 2.35. The average molecular weight is 172 g/mol. The monoisotopic (exact) mass is 171 g/mol. The van der Waals surface area contributed by atoms with Crippen molar-refractivity contribution in [2.45, 2.75) is 13.3 Å². The standard InChI is InChI=1S/C8H10ClNO/c1-3-6-4-7(9)5-10(2)8(6)11/h4-5H,3H2,1-2H3. The van der Waals surface area contributed by atoms with Gasteiger partial charge < -0.3 is 4.57 Å². The van der Waals surface area contributed by atoms with Crippen LogP contribution in [0.4, 0.5) is 0 Å². The molecule has 0 spiro atoms. The molecule has 0 atom stereocenters. The minimum atomic E-state index is 0.0388. The van der Waals surface area contributed by atoms with Crippen LogP contribution in [0.15, 0.2) is 17.1 Å². The number of aromatic nitrogens is 1. The SMILES string of the molecule is CCc1cc(Cl)cn(C)c1=O. The van der Waals surface area contributed by atoms with E-state index in [4.69, 9.17) is 11.6 Å². The number of aryl methyl sites for hydroxylation is 2. The van der Waals surface area contributed by atoms with Crippen LogP contribution in [0.1, 0.15) is 12.5 Å². The highest BCUT2D eigenvalue weighted by molar-refractivity contribution is 6.30. The predicted octanol–water partition coefficient (Wildman–Crippen LogP) is 1.60. The van der Waals surface area contributed by atoms with E-state index in [1.165, 1.54) is 4.57 Å². The van der Waals surface area contributed by atoms with E-state index >= 15 is 0 Å². The van der Waals surface area contributed by atoms with Crippen LogP contribution in [0.25, 0.3) is 0 Å². The van der Waals surface area contributed by atoms with Gasteiger partial charge in [0.05, 0.1) is 5.02 Å². The fourth-order valence-corrected chi connectivity index (χ4v) is 1.27. The lowest BCUT2D eigenvalue weighted by Crippen LogP contribution is -2.19. The molecule has 0 radical (unpaired) electrons. The van der Waals surface area contributed by atoms with Gasteiger partial charge in [-0.15, -0.1) is 0 Å². The summed E-state index contributed by atoms with van der Waals surface area (Å²) in [4.78, 5) is 11.3. The van der Waals surface area contributed by atoms with Gasteiger partial charge in [-0.05, 0) is 12.5 Å². The normalized spacial score (nSPS) is 10.1. The highest BCUT2D eigenvalue weighted by Crippen LogP contribution is 2.06. The Morgan fingerprint density at radius 2 is 2.27 bits per heavy atom. The number of pyridine rings is 1. The molecule has 0 fully saturated rings. The van der Waals surface area contributed by atoms with Gasteiger partial charge in [0.25, 0.3) is 5.56 Å². The number of rotatable bonds is 1. The minimum absolute atomic E-state index is 0.0388. The van der Waals surface area contributed by atoms with Gasteiger partial charge in [-0.1, -0.05) is 18.5 Å². The lowest BCUT2D eigenvalue weighted by atomic mass is 10.2. The molecule has 60 valence electrons. The summed E-state index contributed by atoms with van der Waals surface area (Å²) in [6.45, 7) is 1.94. The molecule has 0 N–H and O–H groups in total. The summed E-state index contributed by atoms with van der Waals surface area (Å²) in [6, 6.07) is 1.71. The maximum atomic E-state index is 11.3. The van der Waals surface area contributed by atoms with Crippen molar-refractivity contribution in [1.29, 1.82) is 0 Å². The molecule has 0 aliphatic heterocycles. The molecule has 0 unspecified atom stereocenters. The highest BCUT2D eigenvalue weighted by Gasteiger charge is 1.99. The highest BCUT2D eigenvalue weighted by atomic mass is 35.5. The van der Waals surface area contributed by atoms with E-state index in [2.05, 4.69) is 0 Å². The first kappa shape index (κ1) is 8.34. The Morgan fingerprint density at radius 1 is 1.64 bits per heavy atom. The van der Waals surface area contributed by atoms with Crippen molar-refractivity contribution < 1.29 is 0 Å². The molecule has 0 bridgehead atoms. The van der Waals surface area contributed by atoms with E-state index in [0.717, 1.165) is 12.0 Å². The van der Waals surface area contributed by atoms with Gasteiger partial charge >= 0.3 is 0 Å². The summed E-state index contributed by atoms with van der Waals surface area (Å²) < 4.78 is 1.50. The van der Waals surface area contributed by atoms with E-state index in [1.54, 1.807) is 19.3 Å². The molecule has 1 heterocycles.